The quantitative estimate of drug-likeness (QED) is 0.318. The van der Waals surface area contributed by atoms with Crippen molar-refractivity contribution in [3.63, 3.8) is 0 Å². The second-order valence-corrected chi connectivity index (χ2v) is 15.4. The molecule has 4 aliphatic rings. The maximum atomic E-state index is 14.2. The van der Waals surface area contributed by atoms with Crippen LogP contribution in [-0.4, -0.2) is 125 Å². The lowest BCUT2D eigenvalue weighted by Crippen LogP contribution is -2.60. The smallest absolute Gasteiger partial charge is 0.316 e. The van der Waals surface area contributed by atoms with Gasteiger partial charge < -0.3 is 39.0 Å². The molecule has 0 aromatic heterocycles. The third-order valence-electron chi connectivity index (χ3n) is 11.2. The fourth-order valence-corrected chi connectivity index (χ4v) is 8.38. The number of likely N-dealkylation sites (N-methyl/N-ethyl adjacent to an activating group) is 1. The minimum atomic E-state index is -1.45. The van der Waals surface area contributed by atoms with E-state index >= 15 is 0 Å². The number of nitrogens with zero attached hydrogens (tertiary/aromatic N) is 2. The van der Waals surface area contributed by atoms with E-state index in [1.54, 1.807) is 13.8 Å². The fraction of sp³-hybridized carbons (Fsp3) is 0.917. The van der Waals surface area contributed by atoms with Crippen LogP contribution in [0.5, 0.6) is 0 Å². The molecule has 11 nitrogen and oxygen atoms in total. The van der Waals surface area contributed by atoms with Crippen LogP contribution >= 0.6 is 0 Å². The van der Waals surface area contributed by atoms with Crippen LogP contribution < -0.4 is 0 Å². The normalized spacial score (nSPS) is 43.9. The SMILES string of the molecule is CCCN1C[C@H](C)[C@H]2CCC(=O)CO[C@](C)(C[C@H]1C)[C@H](O[C@@H]1O[C@H](C)C[C@H](N(C)C)[C@H]1O)[C@@H](C)C(=O)[C@@H](C)C(=O)O[C@H](CC)[C@@]2(C)O. The standard InChI is InChI=1S/C36H64N2O9/c1-12-16-38-19-21(3)27-15-14-26(39)20-44-35(8,18-22(38)4)32(47-34-31(41)28(37(10)11)17-23(5)45-34)24(6)30(40)25(7)33(42)46-29(13-2)36(27,9)43/h21-25,27-29,31-32,34,41,43H,12-20H2,1-11H3/t21-,22+,23+,24-,25+,27+,28-,29+,31+,32+,34-,35+,36-/m0/s1. The molecular weight excluding hydrogens is 604 g/mol. The lowest BCUT2D eigenvalue weighted by Gasteiger charge is -2.48. The molecule has 0 aliphatic carbocycles. The highest BCUT2D eigenvalue weighted by Gasteiger charge is 2.51. The number of ketones is 2. The predicted octanol–water partition coefficient (Wildman–Crippen LogP) is 3.61. The van der Waals surface area contributed by atoms with Crippen LogP contribution in [0.2, 0.25) is 0 Å². The molecule has 47 heavy (non-hydrogen) atoms. The van der Waals surface area contributed by atoms with Crippen molar-refractivity contribution in [2.45, 2.75) is 155 Å². The van der Waals surface area contributed by atoms with E-state index in [0.29, 0.717) is 32.2 Å². The molecule has 0 aromatic carbocycles. The number of aliphatic hydroxyl groups is 2. The summed E-state index contributed by atoms with van der Waals surface area (Å²) < 4.78 is 25.5. The Morgan fingerprint density at radius 1 is 1.06 bits per heavy atom. The third-order valence-corrected chi connectivity index (χ3v) is 11.2. The largest absolute Gasteiger partial charge is 0.459 e. The van der Waals surface area contributed by atoms with E-state index in [1.807, 2.05) is 39.8 Å². The summed E-state index contributed by atoms with van der Waals surface area (Å²) in [5.41, 5.74) is -2.63. The first kappa shape index (κ1) is 40.0. The molecule has 13 atom stereocenters. The van der Waals surface area contributed by atoms with Gasteiger partial charge in [0.15, 0.2) is 17.9 Å². The summed E-state index contributed by atoms with van der Waals surface area (Å²) in [6, 6.07) is -0.311. The Labute approximate surface area is 283 Å². The lowest BCUT2D eigenvalue weighted by atomic mass is 9.72. The molecule has 2 bridgehead atoms. The molecule has 4 rings (SSSR count). The van der Waals surface area contributed by atoms with Gasteiger partial charge in [-0.05, 0) is 99.2 Å². The number of fused-ring (bicyclic) bond motifs is 15. The molecule has 0 amide bonds. The zero-order valence-corrected chi connectivity index (χ0v) is 30.9. The topological polar surface area (TPSA) is 135 Å². The number of esters is 1. The zero-order chi connectivity index (χ0) is 35.4. The average Bonchev–Trinajstić information content (AvgIpc) is 3.00. The van der Waals surface area contributed by atoms with Gasteiger partial charge in [-0.3, -0.25) is 14.4 Å². The predicted molar refractivity (Wildman–Crippen MR) is 179 cm³/mol. The Bertz CT molecular complexity index is 1070. The molecule has 0 radical (unpaired) electrons. The third kappa shape index (κ3) is 9.21. The molecule has 4 aliphatic heterocycles. The number of rotatable bonds is 6. The van der Waals surface area contributed by atoms with Crippen LogP contribution in [0, 0.1) is 23.7 Å². The van der Waals surface area contributed by atoms with Crippen LogP contribution in [-0.2, 0) is 33.3 Å². The van der Waals surface area contributed by atoms with Crippen LogP contribution in [0.1, 0.15) is 101 Å². The van der Waals surface area contributed by atoms with Gasteiger partial charge in [-0.1, -0.05) is 27.7 Å². The summed E-state index contributed by atoms with van der Waals surface area (Å²) >= 11 is 0. The van der Waals surface area contributed by atoms with Gasteiger partial charge in [0.25, 0.3) is 0 Å². The number of Topliss-reactive ketones (excluding diaryl/α,β-unsaturated/α-hetero) is 2. The van der Waals surface area contributed by atoms with Crippen molar-refractivity contribution >= 4 is 17.5 Å². The van der Waals surface area contributed by atoms with Crippen molar-refractivity contribution in [3.05, 3.63) is 0 Å². The lowest BCUT2D eigenvalue weighted by molar-refractivity contribution is -0.297. The molecule has 2 N–H and O–H groups in total. The van der Waals surface area contributed by atoms with Gasteiger partial charge in [-0.25, -0.2) is 0 Å². The van der Waals surface area contributed by atoms with E-state index in [-0.39, 0.29) is 48.8 Å². The van der Waals surface area contributed by atoms with E-state index in [0.717, 1.165) is 13.0 Å². The summed E-state index contributed by atoms with van der Waals surface area (Å²) in [6.45, 7) is 18.2. The van der Waals surface area contributed by atoms with E-state index < -0.39 is 59.4 Å². The minimum absolute atomic E-state index is 0.0449. The second-order valence-electron chi connectivity index (χ2n) is 15.4. The molecule has 0 saturated carbocycles. The Hall–Kier alpha value is -1.47. The zero-order valence-electron chi connectivity index (χ0n) is 30.9. The molecule has 11 heteroatoms. The van der Waals surface area contributed by atoms with Crippen molar-refractivity contribution in [3.8, 4) is 0 Å². The van der Waals surface area contributed by atoms with Crippen molar-refractivity contribution in [2.24, 2.45) is 23.7 Å². The Kier molecular flexibility index (Phi) is 14.0. The Morgan fingerprint density at radius 3 is 2.32 bits per heavy atom. The van der Waals surface area contributed by atoms with Crippen molar-refractivity contribution in [2.75, 3.05) is 33.8 Å². The number of carbonyl (C=O) groups is 3. The number of carbonyl (C=O) groups excluding carboxylic acids is 3. The molecule has 4 fully saturated rings. The summed E-state index contributed by atoms with van der Waals surface area (Å²) in [5, 5.41) is 23.6. The van der Waals surface area contributed by atoms with Crippen LogP contribution in [0.4, 0.5) is 0 Å². The van der Waals surface area contributed by atoms with Crippen molar-refractivity contribution in [1.29, 1.82) is 0 Å². The summed E-state index contributed by atoms with van der Waals surface area (Å²) in [4.78, 5) is 45.7. The number of hydrogen-bond donors (Lipinski definition) is 2. The van der Waals surface area contributed by atoms with E-state index in [9.17, 15) is 24.6 Å². The summed E-state index contributed by atoms with van der Waals surface area (Å²) in [5.74, 6) is -3.70. The first-order chi connectivity index (χ1) is 21.9. The van der Waals surface area contributed by atoms with Gasteiger partial charge in [0.05, 0.1) is 17.8 Å². The first-order valence-corrected chi connectivity index (χ1v) is 17.9. The first-order valence-electron chi connectivity index (χ1n) is 17.9. The van der Waals surface area contributed by atoms with Gasteiger partial charge in [0, 0.05) is 31.0 Å². The second kappa shape index (κ2) is 16.5. The van der Waals surface area contributed by atoms with Crippen LogP contribution in [0.25, 0.3) is 0 Å². The highest BCUT2D eigenvalue weighted by molar-refractivity contribution is 6.00. The highest BCUT2D eigenvalue weighted by atomic mass is 16.7. The molecule has 0 aromatic rings. The molecular formula is C36H64N2O9. The summed E-state index contributed by atoms with van der Waals surface area (Å²) in [7, 11) is 3.79. The van der Waals surface area contributed by atoms with Crippen molar-refractivity contribution < 1.29 is 43.5 Å². The minimum Gasteiger partial charge on any atom is -0.459 e. The van der Waals surface area contributed by atoms with E-state index in [2.05, 4.69) is 25.7 Å². The van der Waals surface area contributed by atoms with Gasteiger partial charge in [0.2, 0.25) is 0 Å². The molecule has 0 spiro atoms. The monoisotopic (exact) mass is 668 g/mol. The van der Waals surface area contributed by atoms with Gasteiger partial charge >= 0.3 is 5.97 Å². The maximum Gasteiger partial charge on any atom is 0.316 e. The van der Waals surface area contributed by atoms with Gasteiger partial charge in [-0.15, -0.1) is 0 Å². The van der Waals surface area contributed by atoms with E-state index in [4.69, 9.17) is 18.9 Å². The Balaban J connectivity index is 2.23. The van der Waals surface area contributed by atoms with Crippen LogP contribution in [0.3, 0.4) is 0 Å². The van der Waals surface area contributed by atoms with Crippen molar-refractivity contribution in [1.82, 2.24) is 9.80 Å². The van der Waals surface area contributed by atoms with Gasteiger partial charge in [0.1, 0.15) is 30.3 Å². The van der Waals surface area contributed by atoms with Crippen LogP contribution in [0.15, 0.2) is 0 Å². The molecule has 0 unspecified atom stereocenters. The number of ether oxygens (including phenoxy) is 4. The fourth-order valence-electron chi connectivity index (χ4n) is 8.38. The molecule has 4 heterocycles. The maximum absolute atomic E-state index is 14.2. The average molecular weight is 669 g/mol. The molecule has 272 valence electrons. The molecule has 4 saturated heterocycles. The number of aliphatic hydroxyl groups excluding tert-OH is 1. The Morgan fingerprint density at radius 2 is 1.72 bits per heavy atom. The summed E-state index contributed by atoms with van der Waals surface area (Å²) in [6.07, 6.45) is -1.35. The van der Waals surface area contributed by atoms with Gasteiger partial charge in [-0.2, -0.15) is 0 Å². The number of hydrogen-bond acceptors (Lipinski definition) is 11. The highest BCUT2D eigenvalue weighted by Crippen LogP contribution is 2.40. The van der Waals surface area contributed by atoms with E-state index in [1.165, 1.54) is 6.92 Å².